The molecule has 0 radical (unpaired) electrons. The summed E-state index contributed by atoms with van der Waals surface area (Å²) in [5.74, 6) is 0.281. The fourth-order valence-electron chi connectivity index (χ4n) is 2.62. The first kappa shape index (κ1) is 16.4. The molecule has 0 bridgehead atoms. The molecule has 0 N–H and O–H groups in total. The van der Waals surface area contributed by atoms with Crippen molar-refractivity contribution in [1.29, 1.82) is 0 Å². The molecular formula is C19H15N3O3S. The molecule has 7 heteroatoms. The number of benzene rings is 1. The van der Waals surface area contributed by atoms with Gasteiger partial charge in [0.05, 0.1) is 21.7 Å². The number of pyridine rings is 1. The van der Waals surface area contributed by atoms with Gasteiger partial charge in [-0.15, -0.1) is 11.3 Å². The summed E-state index contributed by atoms with van der Waals surface area (Å²) < 4.78 is 10.5. The first-order chi connectivity index (χ1) is 12.6. The van der Waals surface area contributed by atoms with Gasteiger partial charge in [0, 0.05) is 5.39 Å². The number of carbonyl (C=O) groups is 1. The molecule has 4 rings (SSSR count). The van der Waals surface area contributed by atoms with E-state index in [0.29, 0.717) is 17.1 Å². The minimum Gasteiger partial charge on any atom is -0.452 e. The number of hydrogen-bond donors (Lipinski definition) is 0. The van der Waals surface area contributed by atoms with Crippen LogP contribution in [-0.2, 0) is 11.3 Å². The van der Waals surface area contributed by atoms with Crippen molar-refractivity contribution in [3.8, 4) is 10.7 Å². The fraction of sp³-hybridized carbons (Fsp3) is 0.158. The van der Waals surface area contributed by atoms with Crippen LogP contribution in [0.2, 0.25) is 0 Å². The number of rotatable bonds is 4. The normalized spacial score (nSPS) is 11.0. The van der Waals surface area contributed by atoms with Crippen molar-refractivity contribution in [2.75, 3.05) is 0 Å². The lowest BCUT2D eigenvalue weighted by Gasteiger charge is -2.07. The summed E-state index contributed by atoms with van der Waals surface area (Å²) >= 11 is 1.51. The minimum atomic E-state index is -0.464. The summed E-state index contributed by atoms with van der Waals surface area (Å²) in [6.07, 6.45) is 0. The summed E-state index contributed by atoms with van der Waals surface area (Å²) in [6.45, 7) is 3.71. The van der Waals surface area contributed by atoms with Crippen LogP contribution in [0.1, 0.15) is 27.5 Å². The molecule has 1 aromatic carbocycles. The summed E-state index contributed by atoms with van der Waals surface area (Å²) in [5, 5.41) is 6.73. The highest BCUT2D eigenvalue weighted by Crippen LogP contribution is 2.22. The maximum absolute atomic E-state index is 12.5. The van der Waals surface area contributed by atoms with Crippen molar-refractivity contribution in [3.05, 3.63) is 64.5 Å². The van der Waals surface area contributed by atoms with Crippen molar-refractivity contribution >= 4 is 28.2 Å². The SMILES string of the molecule is Cc1ccc2nc(C)c(C(=O)OCc3nc(-c4cccs4)no3)cc2c1. The van der Waals surface area contributed by atoms with Gasteiger partial charge in [0.2, 0.25) is 5.82 Å². The van der Waals surface area contributed by atoms with Crippen LogP contribution < -0.4 is 0 Å². The van der Waals surface area contributed by atoms with E-state index < -0.39 is 5.97 Å². The third-order valence-electron chi connectivity index (χ3n) is 3.92. The van der Waals surface area contributed by atoms with Crippen molar-refractivity contribution < 1.29 is 14.1 Å². The number of fused-ring (bicyclic) bond motifs is 1. The van der Waals surface area contributed by atoms with E-state index in [1.54, 1.807) is 13.0 Å². The van der Waals surface area contributed by atoms with Crippen molar-refractivity contribution in [2.45, 2.75) is 20.5 Å². The van der Waals surface area contributed by atoms with E-state index in [9.17, 15) is 4.79 Å². The molecule has 3 heterocycles. The zero-order valence-electron chi connectivity index (χ0n) is 14.2. The highest BCUT2D eigenvalue weighted by atomic mass is 32.1. The number of carbonyl (C=O) groups excluding carboxylic acids is 1. The topological polar surface area (TPSA) is 78.1 Å². The average molecular weight is 365 g/mol. The van der Waals surface area contributed by atoms with E-state index in [0.717, 1.165) is 21.3 Å². The van der Waals surface area contributed by atoms with Gasteiger partial charge in [-0.1, -0.05) is 22.9 Å². The Morgan fingerprint density at radius 3 is 2.88 bits per heavy atom. The molecule has 26 heavy (non-hydrogen) atoms. The smallest absolute Gasteiger partial charge is 0.340 e. The third-order valence-corrected chi connectivity index (χ3v) is 4.78. The molecule has 0 aliphatic carbocycles. The Morgan fingerprint density at radius 1 is 1.19 bits per heavy atom. The zero-order chi connectivity index (χ0) is 18.1. The van der Waals surface area contributed by atoms with Gasteiger partial charge >= 0.3 is 5.97 Å². The van der Waals surface area contributed by atoms with Crippen LogP contribution in [-0.4, -0.2) is 21.1 Å². The van der Waals surface area contributed by atoms with E-state index in [2.05, 4.69) is 15.1 Å². The summed E-state index contributed by atoms with van der Waals surface area (Å²) in [4.78, 5) is 22.1. The fourth-order valence-corrected chi connectivity index (χ4v) is 3.27. The van der Waals surface area contributed by atoms with E-state index in [1.165, 1.54) is 11.3 Å². The van der Waals surface area contributed by atoms with Crippen molar-refractivity contribution in [3.63, 3.8) is 0 Å². The van der Waals surface area contributed by atoms with E-state index in [-0.39, 0.29) is 12.5 Å². The van der Waals surface area contributed by atoms with Crippen LogP contribution in [0.3, 0.4) is 0 Å². The molecule has 130 valence electrons. The van der Waals surface area contributed by atoms with Crippen LogP contribution in [0.4, 0.5) is 0 Å². The number of nitrogens with zero attached hydrogens (tertiary/aromatic N) is 3. The predicted octanol–water partition coefficient (Wildman–Crippen LogP) is 4.32. The van der Waals surface area contributed by atoms with Gasteiger partial charge in [0.15, 0.2) is 6.61 Å². The molecule has 0 atom stereocenters. The molecule has 4 aromatic rings. The number of aryl methyl sites for hydroxylation is 2. The third kappa shape index (κ3) is 3.21. The number of ether oxygens (including phenoxy) is 1. The molecule has 6 nitrogen and oxygen atoms in total. The monoisotopic (exact) mass is 365 g/mol. The van der Waals surface area contributed by atoms with Crippen LogP contribution in [0.5, 0.6) is 0 Å². The van der Waals surface area contributed by atoms with Gasteiger partial charge in [0.25, 0.3) is 5.89 Å². The molecule has 0 fully saturated rings. The molecule has 0 saturated heterocycles. The Morgan fingerprint density at radius 2 is 2.08 bits per heavy atom. The Bertz CT molecular complexity index is 1090. The van der Waals surface area contributed by atoms with Crippen LogP contribution in [0, 0.1) is 13.8 Å². The van der Waals surface area contributed by atoms with Gasteiger partial charge in [-0.05, 0) is 43.5 Å². The lowest BCUT2D eigenvalue weighted by atomic mass is 10.1. The first-order valence-electron chi connectivity index (χ1n) is 8.02. The van der Waals surface area contributed by atoms with Gasteiger partial charge in [-0.3, -0.25) is 4.98 Å². The largest absolute Gasteiger partial charge is 0.452 e. The number of hydrogen-bond acceptors (Lipinski definition) is 7. The quantitative estimate of drug-likeness (QED) is 0.501. The highest BCUT2D eigenvalue weighted by Gasteiger charge is 2.16. The molecule has 0 unspecified atom stereocenters. The van der Waals surface area contributed by atoms with Crippen molar-refractivity contribution in [1.82, 2.24) is 15.1 Å². The van der Waals surface area contributed by atoms with Gasteiger partial charge in [-0.25, -0.2) is 4.79 Å². The molecule has 0 aliphatic heterocycles. The van der Waals surface area contributed by atoms with Crippen LogP contribution in [0.25, 0.3) is 21.6 Å². The minimum absolute atomic E-state index is 0.0809. The van der Waals surface area contributed by atoms with E-state index in [1.807, 2.05) is 42.6 Å². The standard InChI is InChI=1S/C19H15N3O3S/c1-11-5-6-15-13(8-11)9-14(12(2)20-15)19(23)24-10-17-21-18(22-25-17)16-4-3-7-26-16/h3-9H,10H2,1-2H3. The number of thiophene rings is 1. The average Bonchev–Trinajstić information content (AvgIpc) is 3.30. The second-order valence-electron chi connectivity index (χ2n) is 5.88. The van der Waals surface area contributed by atoms with E-state index >= 15 is 0 Å². The van der Waals surface area contributed by atoms with Crippen LogP contribution >= 0.6 is 11.3 Å². The van der Waals surface area contributed by atoms with Crippen LogP contribution in [0.15, 0.2) is 46.3 Å². The summed E-state index contributed by atoms with van der Waals surface area (Å²) in [6, 6.07) is 11.5. The molecular weight excluding hydrogens is 350 g/mol. The number of esters is 1. The maximum Gasteiger partial charge on any atom is 0.340 e. The predicted molar refractivity (Wildman–Crippen MR) is 97.9 cm³/mol. The molecule has 0 saturated carbocycles. The van der Waals surface area contributed by atoms with Gasteiger partial charge in [-0.2, -0.15) is 4.98 Å². The Balaban J connectivity index is 1.51. The highest BCUT2D eigenvalue weighted by molar-refractivity contribution is 7.13. The lowest BCUT2D eigenvalue weighted by molar-refractivity contribution is 0.0428. The lowest BCUT2D eigenvalue weighted by Crippen LogP contribution is -2.08. The summed E-state index contributed by atoms with van der Waals surface area (Å²) in [7, 11) is 0. The molecule has 0 amide bonds. The molecule has 0 spiro atoms. The summed E-state index contributed by atoms with van der Waals surface area (Å²) in [5.41, 5.74) is 3.01. The van der Waals surface area contributed by atoms with Gasteiger partial charge in [0.1, 0.15) is 0 Å². The zero-order valence-corrected chi connectivity index (χ0v) is 15.0. The second-order valence-corrected chi connectivity index (χ2v) is 6.83. The Labute approximate surface area is 153 Å². The Kier molecular flexibility index (Phi) is 4.22. The van der Waals surface area contributed by atoms with E-state index in [4.69, 9.17) is 9.26 Å². The number of aromatic nitrogens is 3. The second kappa shape index (κ2) is 6.68. The Hall–Kier alpha value is -3.06. The van der Waals surface area contributed by atoms with Crippen molar-refractivity contribution in [2.24, 2.45) is 0 Å². The molecule has 3 aromatic heterocycles. The molecule has 0 aliphatic rings. The first-order valence-corrected chi connectivity index (χ1v) is 8.90. The maximum atomic E-state index is 12.5. The van der Waals surface area contributed by atoms with Gasteiger partial charge < -0.3 is 9.26 Å².